The average Bonchev–Trinajstić information content (AvgIpc) is 2.74. The van der Waals surface area contributed by atoms with Crippen molar-refractivity contribution in [3.8, 4) is 0 Å². The number of esters is 2. The van der Waals surface area contributed by atoms with E-state index in [0.717, 1.165) is 0 Å². The number of ether oxygens (including phenoxy) is 1. The van der Waals surface area contributed by atoms with Crippen molar-refractivity contribution < 1.29 is 19.1 Å². The molecule has 4 nitrogen and oxygen atoms in total. The van der Waals surface area contributed by atoms with Crippen molar-refractivity contribution in [1.29, 1.82) is 0 Å². The van der Waals surface area contributed by atoms with Gasteiger partial charge in [0.15, 0.2) is 5.78 Å². The Morgan fingerprint density at radius 3 is 2.21 bits per heavy atom. The smallest absolute Gasteiger partial charge is 0.346 e. The average molecular weight is 252 g/mol. The largest absolute Gasteiger partial charge is 0.386 e. The van der Waals surface area contributed by atoms with Gasteiger partial charge in [0.05, 0.1) is 11.1 Å². The van der Waals surface area contributed by atoms with Gasteiger partial charge in [-0.3, -0.25) is 4.79 Å². The summed E-state index contributed by atoms with van der Waals surface area (Å²) in [5, 5.41) is 0. The van der Waals surface area contributed by atoms with Crippen molar-refractivity contribution in [1.82, 2.24) is 0 Å². The number of carbonyl (C=O) groups excluding carboxylic acids is 3. The summed E-state index contributed by atoms with van der Waals surface area (Å²) in [6, 6.07) is 13.1. The van der Waals surface area contributed by atoms with Crippen LogP contribution in [0.3, 0.4) is 0 Å². The van der Waals surface area contributed by atoms with E-state index in [2.05, 4.69) is 4.74 Å². The van der Waals surface area contributed by atoms with Crippen LogP contribution in [0.15, 0.2) is 48.5 Å². The highest BCUT2D eigenvalue weighted by Crippen LogP contribution is 2.22. The van der Waals surface area contributed by atoms with Crippen LogP contribution in [0.25, 0.3) is 0 Å². The summed E-state index contributed by atoms with van der Waals surface area (Å²) in [7, 11) is 0. The van der Waals surface area contributed by atoms with E-state index >= 15 is 0 Å². The summed E-state index contributed by atoms with van der Waals surface area (Å²) >= 11 is 0. The van der Waals surface area contributed by atoms with Crippen molar-refractivity contribution in [3.63, 3.8) is 0 Å². The van der Waals surface area contributed by atoms with Crippen LogP contribution in [0.5, 0.6) is 0 Å². The molecule has 1 aliphatic rings. The zero-order valence-electron chi connectivity index (χ0n) is 9.75. The van der Waals surface area contributed by atoms with Gasteiger partial charge >= 0.3 is 11.9 Å². The lowest BCUT2D eigenvalue weighted by Gasteiger charge is -2.01. The quantitative estimate of drug-likeness (QED) is 0.467. The second-order valence-corrected chi connectivity index (χ2v) is 4.13. The molecule has 0 aliphatic carbocycles. The fourth-order valence-electron chi connectivity index (χ4n) is 1.98. The lowest BCUT2D eigenvalue weighted by molar-refractivity contribution is 0.0443. The first-order chi connectivity index (χ1) is 9.16. The number of benzene rings is 2. The van der Waals surface area contributed by atoms with E-state index in [1.165, 1.54) is 18.2 Å². The van der Waals surface area contributed by atoms with Crippen molar-refractivity contribution in [2.45, 2.75) is 0 Å². The number of rotatable bonds is 2. The number of ketones is 1. The van der Waals surface area contributed by atoms with E-state index in [1.807, 2.05) is 6.07 Å². The van der Waals surface area contributed by atoms with Crippen LogP contribution in [0, 0.1) is 0 Å². The summed E-state index contributed by atoms with van der Waals surface area (Å²) in [6.07, 6.45) is 0. The molecular weight excluding hydrogens is 244 g/mol. The minimum atomic E-state index is -0.706. The third-order valence-corrected chi connectivity index (χ3v) is 2.94. The van der Waals surface area contributed by atoms with Crippen LogP contribution < -0.4 is 0 Å². The fraction of sp³-hybridized carbons (Fsp3) is 0. The van der Waals surface area contributed by atoms with Crippen LogP contribution in [0.1, 0.15) is 36.6 Å². The molecule has 0 radical (unpaired) electrons. The molecule has 2 aromatic rings. The molecule has 0 saturated carbocycles. The summed E-state index contributed by atoms with van der Waals surface area (Å²) in [4.78, 5) is 34.9. The van der Waals surface area contributed by atoms with Gasteiger partial charge in [-0.2, -0.15) is 0 Å². The molecule has 3 rings (SSSR count). The highest BCUT2D eigenvalue weighted by atomic mass is 16.6. The van der Waals surface area contributed by atoms with E-state index < -0.39 is 11.9 Å². The Morgan fingerprint density at radius 2 is 1.47 bits per heavy atom. The van der Waals surface area contributed by atoms with Gasteiger partial charge in [0.2, 0.25) is 0 Å². The van der Waals surface area contributed by atoms with Crippen molar-refractivity contribution in [2.75, 3.05) is 0 Å². The monoisotopic (exact) mass is 252 g/mol. The third kappa shape index (κ3) is 1.83. The molecule has 0 unspecified atom stereocenters. The van der Waals surface area contributed by atoms with E-state index in [-0.39, 0.29) is 16.9 Å². The van der Waals surface area contributed by atoms with Gasteiger partial charge < -0.3 is 4.74 Å². The predicted molar refractivity (Wildman–Crippen MR) is 66.1 cm³/mol. The molecule has 1 aliphatic heterocycles. The number of hydrogen-bond acceptors (Lipinski definition) is 4. The number of fused-ring (bicyclic) bond motifs is 1. The van der Waals surface area contributed by atoms with Gasteiger partial charge in [-0.05, 0) is 12.1 Å². The van der Waals surface area contributed by atoms with E-state index in [0.29, 0.717) is 11.1 Å². The zero-order valence-corrected chi connectivity index (χ0v) is 9.75. The van der Waals surface area contributed by atoms with Crippen LogP contribution >= 0.6 is 0 Å². The Morgan fingerprint density at radius 1 is 0.789 bits per heavy atom. The van der Waals surface area contributed by atoms with Gasteiger partial charge in [0.25, 0.3) is 0 Å². The number of cyclic esters (lactones) is 2. The fourth-order valence-corrected chi connectivity index (χ4v) is 1.98. The second kappa shape index (κ2) is 4.17. The molecule has 0 bridgehead atoms. The lowest BCUT2D eigenvalue weighted by Crippen LogP contribution is -2.03. The number of hydrogen-bond donors (Lipinski definition) is 0. The molecule has 2 aromatic carbocycles. The number of carbonyl (C=O) groups is 3. The topological polar surface area (TPSA) is 60.4 Å². The lowest BCUT2D eigenvalue weighted by atomic mass is 9.99. The molecular formula is C15H8O4. The standard InChI is InChI=1S/C15H8O4/c16-13(9-4-2-1-3-5-9)10-6-7-11-12(8-10)15(18)19-14(11)17/h1-8H. The maximum atomic E-state index is 12.2. The first-order valence-corrected chi connectivity index (χ1v) is 5.67. The molecule has 0 aromatic heterocycles. The highest BCUT2D eigenvalue weighted by Gasteiger charge is 2.30. The molecule has 19 heavy (non-hydrogen) atoms. The molecule has 4 heteroatoms. The van der Waals surface area contributed by atoms with Crippen LogP contribution in [-0.4, -0.2) is 17.7 Å². The van der Waals surface area contributed by atoms with Crippen LogP contribution in [-0.2, 0) is 4.74 Å². The van der Waals surface area contributed by atoms with Crippen LogP contribution in [0.2, 0.25) is 0 Å². The van der Waals surface area contributed by atoms with E-state index in [1.54, 1.807) is 24.3 Å². The van der Waals surface area contributed by atoms with Gasteiger partial charge in [0.1, 0.15) is 0 Å². The van der Waals surface area contributed by atoms with Gasteiger partial charge in [-0.15, -0.1) is 0 Å². The summed E-state index contributed by atoms with van der Waals surface area (Å²) in [6.45, 7) is 0. The Labute approximate surface area is 108 Å². The Kier molecular flexibility index (Phi) is 2.49. The summed E-state index contributed by atoms with van der Waals surface area (Å²) in [5.41, 5.74) is 1.23. The van der Waals surface area contributed by atoms with Gasteiger partial charge in [0, 0.05) is 11.1 Å². The molecule has 0 N–H and O–H groups in total. The van der Waals surface area contributed by atoms with E-state index in [9.17, 15) is 14.4 Å². The first-order valence-electron chi connectivity index (χ1n) is 5.67. The molecule has 0 atom stereocenters. The maximum absolute atomic E-state index is 12.2. The normalized spacial score (nSPS) is 13.1. The van der Waals surface area contributed by atoms with Crippen LogP contribution in [0.4, 0.5) is 0 Å². The third-order valence-electron chi connectivity index (χ3n) is 2.94. The highest BCUT2D eigenvalue weighted by molar-refractivity contribution is 6.17. The van der Waals surface area contributed by atoms with Crippen molar-refractivity contribution in [3.05, 3.63) is 70.8 Å². The zero-order chi connectivity index (χ0) is 13.4. The SMILES string of the molecule is O=C(c1ccccc1)c1ccc2c(c1)C(=O)OC2=O. The molecule has 0 spiro atoms. The summed E-state index contributed by atoms with van der Waals surface area (Å²) < 4.78 is 4.48. The van der Waals surface area contributed by atoms with Gasteiger partial charge in [-0.25, -0.2) is 9.59 Å². The Bertz CT molecular complexity index is 701. The molecule has 0 amide bonds. The molecule has 1 heterocycles. The Balaban J connectivity index is 2.05. The molecule has 0 saturated heterocycles. The van der Waals surface area contributed by atoms with E-state index in [4.69, 9.17) is 0 Å². The Hall–Kier alpha value is -2.75. The second-order valence-electron chi connectivity index (χ2n) is 4.13. The van der Waals surface area contributed by atoms with Crippen molar-refractivity contribution >= 4 is 17.7 Å². The predicted octanol–water partition coefficient (Wildman–Crippen LogP) is 2.23. The van der Waals surface area contributed by atoms with Crippen molar-refractivity contribution in [2.24, 2.45) is 0 Å². The summed E-state index contributed by atoms with van der Waals surface area (Å²) in [5.74, 6) is -1.57. The van der Waals surface area contributed by atoms with Gasteiger partial charge in [-0.1, -0.05) is 36.4 Å². The molecule has 0 fully saturated rings. The minimum absolute atomic E-state index is 0.145. The minimum Gasteiger partial charge on any atom is -0.386 e. The molecule has 92 valence electrons. The first kappa shape index (κ1) is 11.3. The maximum Gasteiger partial charge on any atom is 0.346 e.